The third-order valence-corrected chi connectivity index (χ3v) is 14.2. The van der Waals surface area contributed by atoms with E-state index >= 15 is 0 Å². The zero-order valence-electron chi connectivity index (χ0n) is 20.8. The summed E-state index contributed by atoms with van der Waals surface area (Å²) in [4.78, 5) is 0. The zero-order chi connectivity index (χ0) is 25.1. The van der Waals surface area contributed by atoms with Crippen molar-refractivity contribution in [2.24, 2.45) is 0 Å². The van der Waals surface area contributed by atoms with Crippen molar-refractivity contribution in [3.8, 4) is 22.3 Å². The molecule has 38 heavy (non-hydrogen) atoms. The van der Waals surface area contributed by atoms with E-state index < -0.39 is 8.07 Å². The van der Waals surface area contributed by atoms with Crippen molar-refractivity contribution in [3.05, 3.63) is 146 Å². The van der Waals surface area contributed by atoms with Crippen molar-refractivity contribution in [1.82, 2.24) is 0 Å². The van der Waals surface area contributed by atoms with E-state index in [0.717, 1.165) is 0 Å². The topological polar surface area (TPSA) is 0 Å². The van der Waals surface area contributed by atoms with Gasteiger partial charge in [0.25, 0.3) is 0 Å². The van der Waals surface area contributed by atoms with E-state index in [4.69, 9.17) is 0 Å². The van der Waals surface area contributed by atoms with Crippen LogP contribution in [0.2, 0.25) is 0 Å². The lowest BCUT2D eigenvalue weighted by Crippen LogP contribution is -2.72. The van der Waals surface area contributed by atoms with Gasteiger partial charge in [-0.2, -0.15) is 0 Å². The standard InChI is InChI=1S/C36H24SSi/c1-3-11-27(12-4-1)38(28-13-5-2-6-14-28)35-18-10-8-16-30(35)32-24-26(20-22-36(32)38)25-19-21-34-31(23-25)29-15-7-9-17-33(29)37-34/h1-24H. The number of hydrogen-bond donors (Lipinski definition) is 0. The average molecular weight is 517 g/mol. The summed E-state index contributed by atoms with van der Waals surface area (Å²) in [6.07, 6.45) is 0. The third kappa shape index (κ3) is 3.02. The van der Waals surface area contributed by atoms with Crippen molar-refractivity contribution >= 4 is 60.3 Å². The highest BCUT2D eigenvalue weighted by Gasteiger charge is 2.48. The fourth-order valence-electron chi connectivity index (χ4n) is 6.53. The number of thiophene rings is 1. The van der Waals surface area contributed by atoms with Crippen molar-refractivity contribution in [2.75, 3.05) is 0 Å². The number of rotatable bonds is 3. The van der Waals surface area contributed by atoms with E-state index in [2.05, 4.69) is 146 Å². The van der Waals surface area contributed by atoms with Gasteiger partial charge in [0.15, 0.2) is 8.07 Å². The number of benzene rings is 6. The molecule has 8 rings (SSSR count). The molecule has 0 aliphatic carbocycles. The molecule has 1 aliphatic heterocycles. The molecule has 1 aromatic heterocycles. The molecule has 2 heteroatoms. The Morgan fingerprint density at radius 2 is 0.974 bits per heavy atom. The SMILES string of the molecule is c1ccc([Si]2(c3ccccc3)c3ccccc3-c3cc(-c4ccc5sc6ccccc6c5c4)ccc32)cc1. The van der Waals surface area contributed by atoms with Crippen LogP contribution in [0.3, 0.4) is 0 Å². The zero-order valence-corrected chi connectivity index (χ0v) is 22.6. The van der Waals surface area contributed by atoms with Crippen LogP contribution < -0.4 is 20.7 Å². The summed E-state index contributed by atoms with van der Waals surface area (Å²) < 4.78 is 2.70. The van der Waals surface area contributed by atoms with E-state index in [1.54, 1.807) is 0 Å². The van der Waals surface area contributed by atoms with Crippen LogP contribution in [0.25, 0.3) is 42.4 Å². The predicted molar refractivity (Wildman–Crippen MR) is 167 cm³/mol. The summed E-state index contributed by atoms with van der Waals surface area (Å²) in [6, 6.07) is 54.5. The molecule has 0 N–H and O–H groups in total. The molecule has 0 amide bonds. The summed E-state index contributed by atoms with van der Waals surface area (Å²) >= 11 is 1.88. The Kier molecular flexibility index (Phi) is 4.81. The van der Waals surface area contributed by atoms with Crippen LogP contribution in [0, 0.1) is 0 Å². The Morgan fingerprint density at radius 3 is 1.76 bits per heavy atom. The molecule has 0 atom stereocenters. The molecular formula is C36H24SSi. The molecular weight excluding hydrogens is 493 g/mol. The first-order valence-electron chi connectivity index (χ1n) is 13.1. The van der Waals surface area contributed by atoms with Crippen LogP contribution in [0.4, 0.5) is 0 Å². The second-order valence-electron chi connectivity index (χ2n) is 10.1. The van der Waals surface area contributed by atoms with Crippen LogP contribution in [0.1, 0.15) is 0 Å². The first kappa shape index (κ1) is 21.8. The minimum Gasteiger partial charge on any atom is -0.135 e. The Bertz CT molecular complexity index is 1930. The normalized spacial score (nSPS) is 13.5. The Morgan fingerprint density at radius 1 is 0.395 bits per heavy atom. The van der Waals surface area contributed by atoms with Crippen molar-refractivity contribution in [1.29, 1.82) is 0 Å². The van der Waals surface area contributed by atoms with Gasteiger partial charge in [0.2, 0.25) is 0 Å². The first-order valence-corrected chi connectivity index (χ1v) is 15.9. The van der Waals surface area contributed by atoms with Gasteiger partial charge in [-0.3, -0.25) is 0 Å². The molecule has 178 valence electrons. The molecule has 0 fully saturated rings. The fraction of sp³-hybridized carbons (Fsp3) is 0. The largest absolute Gasteiger partial charge is 0.180 e. The Labute approximate surface area is 227 Å². The van der Waals surface area contributed by atoms with Gasteiger partial charge in [0, 0.05) is 20.2 Å². The average Bonchev–Trinajstić information content (AvgIpc) is 3.51. The molecule has 0 unspecified atom stereocenters. The third-order valence-electron chi connectivity index (χ3n) is 8.17. The van der Waals surface area contributed by atoms with E-state index in [-0.39, 0.29) is 0 Å². The van der Waals surface area contributed by atoms with Crippen LogP contribution in [0.15, 0.2) is 146 Å². The fourth-order valence-corrected chi connectivity index (χ4v) is 12.8. The smallest absolute Gasteiger partial charge is 0.135 e. The number of hydrogen-bond acceptors (Lipinski definition) is 1. The summed E-state index contributed by atoms with van der Waals surface area (Å²) in [6.45, 7) is 0. The van der Waals surface area contributed by atoms with E-state index in [0.29, 0.717) is 0 Å². The Hall–Kier alpha value is -4.24. The van der Waals surface area contributed by atoms with E-state index in [1.807, 2.05) is 11.3 Å². The maximum atomic E-state index is 2.45. The van der Waals surface area contributed by atoms with E-state index in [1.165, 1.54) is 63.2 Å². The van der Waals surface area contributed by atoms with Crippen LogP contribution in [0.5, 0.6) is 0 Å². The highest BCUT2D eigenvalue weighted by atomic mass is 32.1. The van der Waals surface area contributed by atoms with Gasteiger partial charge in [0.05, 0.1) is 0 Å². The maximum Gasteiger partial charge on any atom is 0.180 e. The van der Waals surface area contributed by atoms with Gasteiger partial charge in [-0.05, 0) is 67.3 Å². The summed E-state index contributed by atoms with van der Waals surface area (Å²) in [7, 11) is -2.42. The second-order valence-corrected chi connectivity index (χ2v) is 14.9. The van der Waals surface area contributed by atoms with Crippen LogP contribution >= 0.6 is 11.3 Å². The van der Waals surface area contributed by atoms with Crippen molar-refractivity contribution in [3.63, 3.8) is 0 Å². The lowest BCUT2D eigenvalue weighted by atomic mass is 9.98. The second kappa shape index (κ2) is 8.39. The molecule has 0 radical (unpaired) electrons. The molecule has 0 nitrogen and oxygen atoms in total. The van der Waals surface area contributed by atoms with Crippen LogP contribution in [-0.4, -0.2) is 8.07 Å². The monoisotopic (exact) mass is 516 g/mol. The van der Waals surface area contributed by atoms with Crippen molar-refractivity contribution in [2.45, 2.75) is 0 Å². The summed E-state index contributed by atoms with van der Waals surface area (Å²) in [5.74, 6) is 0. The van der Waals surface area contributed by atoms with Gasteiger partial charge in [-0.15, -0.1) is 11.3 Å². The van der Waals surface area contributed by atoms with Gasteiger partial charge >= 0.3 is 0 Å². The lowest BCUT2D eigenvalue weighted by Gasteiger charge is -2.31. The highest BCUT2D eigenvalue weighted by molar-refractivity contribution is 7.25. The van der Waals surface area contributed by atoms with Gasteiger partial charge in [-0.1, -0.05) is 121 Å². The minimum absolute atomic E-state index is 1.28. The molecule has 0 spiro atoms. The molecule has 6 aromatic carbocycles. The molecule has 2 heterocycles. The molecule has 7 aromatic rings. The minimum atomic E-state index is -2.42. The molecule has 0 bridgehead atoms. The predicted octanol–water partition coefficient (Wildman–Crippen LogP) is 7.08. The van der Waals surface area contributed by atoms with Gasteiger partial charge < -0.3 is 0 Å². The van der Waals surface area contributed by atoms with Gasteiger partial charge in [-0.25, -0.2) is 0 Å². The van der Waals surface area contributed by atoms with Crippen LogP contribution in [-0.2, 0) is 0 Å². The number of fused-ring (bicyclic) bond motifs is 6. The molecule has 1 aliphatic rings. The highest BCUT2D eigenvalue weighted by Crippen LogP contribution is 2.37. The first-order chi connectivity index (χ1) is 18.8. The molecule has 0 saturated heterocycles. The Balaban J connectivity index is 1.40. The van der Waals surface area contributed by atoms with Gasteiger partial charge in [0.1, 0.15) is 0 Å². The lowest BCUT2D eigenvalue weighted by molar-refractivity contribution is 1.66. The maximum absolute atomic E-state index is 2.45. The molecule has 0 saturated carbocycles. The quantitative estimate of drug-likeness (QED) is 0.220. The van der Waals surface area contributed by atoms with Crippen molar-refractivity contribution < 1.29 is 0 Å². The summed E-state index contributed by atoms with van der Waals surface area (Å²) in [5, 5.41) is 8.56. The van der Waals surface area contributed by atoms with E-state index in [9.17, 15) is 0 Å². The summed E-state index contributed by atoms with van der Waals surface area (Å²) in [5.41, 5.74) is 5.32.